The lowest BCUT2D eigenvalue weighted by atomic mass is 10.0. The van der Waals surface area contributed by atoms with Gasteiger partial charge in [-0.1, -0.05) is 42.5 Å². The first kappa shape index (κ1) is 11.7. The molecule has 87 valence electrons. The van der Waals surface area contributed by atoms with E-state index < -0.39 is 0 Å². The van der Waals surface area contributed by atoms with Crippen molar-refractivity contribution in [2.75, 3.05) is 7.11 Å². The van der Waals surface area contributed by atoms with Gasteiger partial charge in [0.2, 0.25) is 0 Å². The molecule has 0 saturated heterocycles. The van der Waals surface area contributed by atoms with E-state index in [9.17, 15) is 5.11 Å². The number of hydrogen-bond donors (Lipinski definition) is 1. The molecule has 1 atom stereocenters. The Morgan fingerprint density at radius 2 is 1.65 bits per heavy atom. The summed E-state index contributed by atoms with van der Waals surface area (Å²) in [6.45, 7) is 0. The fourth-order valence-corrected chi connectivity index (χ4v) is 1.70. The Morgan fingerprint density at radius 1 is 1.00 bits per heavy atom. The highest BCUT2D eigenvalue weighted by Gasteiger charge is 2.11. The Kier molecular flexibility index (Phi) is 3.78. The van der Waals surface area contributed by atoms with Crippen LogP contribution in [0.15, 0.2) is 54.6 Å². The molecule has 17 heavy (non-hydrogen) atoms. The van der Waals surface area contributed by atoms with Crippen LogP contribution in [0.1, 0.15) is 17.2 Å². The van der Waals surface area contributed by atoms with Gasteiger partial charge in [-0.3, -0.25) is 0 Å². The number of hydrogen-bond acceptors (Lipinski definition) is 2. The summed E-state index contributed by atoms with van der Waals surface area (Å²) in [5.41, 5.74) is 2.14. The molecule has 0 aromatic heterocycles. The van der Waals surface area contributed by atoms with Crippen molar-refractivity contribution in [2.24, 2.45) is 0 Å². The monoisotopic (exact) mass is 227 g/mol. The van der Waals surface area contributed by atoms with Gasteiger partial charge in [0.1, 0.15) is 5.75 Å². The van der Waals surface area contributed by atoms with Crippen LogP contribution in [0.2, 0.25) is 0 Å². The predicted octanol–water partition coefficient (Wildman–Crippen LogP) is 3.33. The van der Waals surface area contributed by atoms with Crippen molar-refractivity contribution < 1.29 is 9.84 Å². The molecule has 2 nitrogen and oxygen atoms in total. The maximum atomic E-state index is 9.22. The molecular weight excluding hydrogens is 212 g/mol. The molecule has 2 aromatic carbocycles. The van der Waals surface area contributed by atoms with E-state index in [0.29, 0.717) is 0 Å². The molecule has 1 radical (unpaired) electrons. The third-order valence-electron chi connectivity index (χ3n) is 2.62. The predicted molar refractivity (Wildman–Crippen MR) is 67.7 cm³/mol. The summed E-state index contributed by atoms with van der Waals surface area (Å²) in [6.07, 6.45) is 1.95. The molecule has 1 N–H and O–H groups in total. The van der Waals surface area contributed by atoms with Crippen LogP contribution in [-0.2, 0) is 4.74 Å². The van der Waals surface area contributed by atoms with Gasteiger partial charge in [0.15, 0.2) is 0 Å². The van der Waals surface area contributed by atoms with Crippen LogP contribution >= 0.6 is 0 Å². The summed E-state index contributed by atoms with van der Waals surface area (Å²) in [7, 11) is 1.69. The van der Waals surface area contributed by atoms with Gasteiger partial charge in [0, 0.05) is 13.5 Å². The molecule has 2 heteroatoms. The summed E-state index contributed by atoms with van der Waals surface area (Å²) in [4.78, 5) is 0. The number of rotatable bonds is 4. The minimum Gasteiger partial charge on any atom is -0.508 e. The van der Waals surface area contributed by atoms with E-state index in [0.717, 1.165) is 11.1 Å². The van der Waals surface area contributed by atoms with Crippen molar-refractivity contribution in [3.8, 4) is 5.75 Å². The van der Waals surface area contributed by atoms with E-state index in [2.05, 4.69) is 0 Å². The Bertz CT molecular complexity index is 448. The van der Waals surface area contributed by atoms with Crippen LogP contribution in [0.25, 0.3) is 0 Å². The molecule has 0 saturated carbocycles. The van der Waals surface area contributed by atoms with Crippen molar-refractivity contribution in [2.45, 2.75) is 6.10 Å². The van der Waals surface area contributed by atoms with Crippen LogP contribution in [0, 0.1) is 6.42 Å². The molecule has 0 aliphatic rings. The lowest BCUT2D eigenvalue weighted by Gasteiger charge is -2.15. The standard InChI is InChI=1S/C15H15O2/c1-17-15(13-5-3-2-4-6-13)11-12-7-9-14(16)10-8-12/h2-11,15-16H,1H3. The van der Waals surface area contributed by atoms with Gasteiger partial charge >= 0.3 is 0 Å². The first-order valence-corrected chi connectivity index (χ1v) is 5.51. The average molecular weight is 227 g/mol. The number of methoxy groups -OCH3 is 1. The first-order chi connectivity index (χ1) is 8.29. The van der Waals surface area contributed by atoms with Gasteiger partial charge in [-0.05, 0) is 23.3 Å². The SMILES string of the molecule is COC([CH]c1ccc(O)cc1)c1ccccc1. The van der Waals surface area contributed by atoms with Crippen LogP contribution in [0.3, 0.4) is 0 Å². The molecule has 0 fully saturated rings. The largest absolute Gasteiger partial charge is 0.508 e. The normalized spacial score (nSPS) is 12.3. The highest BCUT2D eigenvalue weighted by atomic mass is 16.5. The number of aromatic hydroxyl groups is 1. The molecular formula is C15H15O2. The summed E-state index contributed by atoms with van der Waals surface area (Å²) in [6, 6.07) is 17.1. The number of benzene rings is 2. The van der Waals surface area contributed by atoms with Crippen molar-refractivity contribution in [1.82, 2.24) is 0 Å². The van der Waals surface area contributed by atoms with E-state index in [1.807, 2.05) is 48.9 Å². The molecule has 0 amide bonds. The molecule has 2 rings (SSSR count). The Hall–Kier alpha value is -1.80. The molecule has 1 unspecified atom stereocenters. The molecule has 0 heterocycles. The Balaban J connectivity index is 2.13. The smallest absolute Gasteiger partial charge is 0.115 e. The van der Waals surface area contributed by atoms with Crippen LogP contribution < -0.4 is 0 Å². The molecule has 2 aromatic rings. The van der Waals surface area contributed by atoms with E-state index in [-0.39, 0.29) is 11.9 Å². The fraction of sp³-hybridized carbons (Fsp3) is 0.133. The highest BCUT2D eigenvalue weighted by Crippen LogP contribution is 2.24. The molecule has 0 bridgehead atoms. The van der Waals surface area contributed by atoms with Crippen molar-refractivity contribution in [1.29, 1.82) is 0 Å². The van der Waals surface area contributed by atoms with Gasteiger partial charge in [-0.25, -0.2) is 0 Å². The number of phenols is 1. The second-order valence-electron chi connectivity index (χ2n) is 3.83. The van der Waals surface area contributed by atoms with Crippen LogP contribution in [0.5, 0.6) is 5.75 Å². The van der Waals surface area contributed by atoms with E-state index >= 15 is 0 Å². The van der Waals surface area contributed by atoms with E-state index in [1.165, 1.54) is 0 Å². The van der Waals surface area contributed by atoms with Gasteiger partial charge in [-0.15, -0.1) is 0 Å². The van der Waals surface area contributed by atoms with Crippen LogP contribution in [0.4, 0.5) is 0 Å². The number of ether oxygens (including phenoxy) is 1. The Morgan fingerprint density at radius 3 is 2.24 bits per heavy atom. The summed E-state index contributed by atoms with van der Waals surface area (Å²) in [5, 5.41) is 9.22. The minimum absolute atomic E-state index is 0.0688. The maximum Gasteiger partial charge on any atom is 0.115 e. The maximum absolute atomic E-state index is 9.22. The number of phenolic OH excluding ortho intramolecular Hbond substituents is 1. The zero-order valence-electron chi connectivity index (χ0n) is 9.71. The lowest BCUT2D eigenvalue weighted by molar-refractivity contribution is 0.132. The summed E-state index contributed by atoms with van der Waals surface area (Å²) >= 11 is 0. The van der Waals surface area contributed by atoms with Gasteiger partial charge in [0.25, 0.3) is 0 Å². The van der Waals surface area contributed by atoms with E-state index in [4.69, 9.17) is 4.74 Å². The van der Waals surface area contributed by atoms with Crippen LogP contribution in [-0.4, -0.2) is 12.2 Å². The van der Waals surface area contributed by atoms with Crippen molar-refractivity contribution in [3.05, 3.63) is 72.1 Å². The minimum atomic E-state index is -0.0688. The van der Waals surface area contributed by atoms with Gasteiger partial charge < -0.3 is 9.84 Å². The average Bonchev–Trinajstić information content (AvgIpc) is 2.39. The second kappa shape index (κ2) is 5.51. The topological polar surface area (TPSA) is 29.5 Å². The van der Waals surface area contributed by atoms with E-state index in [1.54, 1.807) is 19.2 Å². The summed E-state index contributed by atoms with van der Waals surface area (Å²) in [5.74, 6) is 0.274. The highest BCUT2D eigenvalue weighted by molar-refractivity contribution is 5.33. The van der Waals surface area contributed by atoms with Gasteiger partial charge in [0.05, 0.1) is 6.10 Å². The van der Waals surface area contributed by atoms with Crippen molar-refractivity contribution in [3.63, 3.8) is 0 Å². The first-order valence-electron chi connectivity index (χ1n) is 5.51. The zero-order valence-corrected chi connectivity index (χ0v) is 9.71. The lowest BCUT2D eigenvalue weighted by Crippen LogP contribution is -2.02. The summed E-state index contributed by atoms with van der Waals surface area (Å²) < 4.78 is 5.45. The third kappa shape index (κ3) is 3.08. The Labute approximate surface area is 101 Å². The quantitative estimate of drug-likeness (QED) is 0.868. The second-order valence-corrected chi connectivity index (χ2v) is 3.83. The molecule has 0 aliphatic heterocycles. The fourth-order valence-electron chi connectivity index (χ4n) is 1.70. The molecule has 0 spiro atoms. The zero-order chi connectivity index (χ0) is 12.1. The van der Waals surface area contributed by atoms with Gasteiger partial charge in [-0.2, -0.15) is 0 Å². The van der Waals surface area contributed by atoms with Crippen molar-refractivity contribution >= 4 is 0 Å². The third-order valence-corrected chi connectivity index (χ3v) is 2.62. The molecule has 0 aliphatic carbocycles.